The molecular formula is C20H21N5O. The standard InChI is InChI=1S/C20H21N5O/c26-20(11-15-12-23-9-2-1-7-19(23)22-15)24-13-16-5-4-10-25(16)18-6-3-8-21-17(18)14-24/h1-3,6-9,12,16H,4-5,10-11,13-14H2/t16-/m0/s1. The summed E-state index contributed by atoms with van der Waals surface area (Å²) in [6.07, 6.45) is 8.36. The van der Waals surface area contributed by atoms with Gasteiger partial charge in [-0.05, 0) is 37.1 Å². The van der Waals surface area contributed by atoms with Crippen LogP contribution in [0.15, 0.2) is 48.9 Å². The Kier molecular flexibility index (Phi) is 3.62. The Labute approximate surface area is 152 Å². The molecule has 1 saturated heterocycles. The maximum absolute atomic E-state index is 13.0. The van der Waals surface area contributed by atoms with Crippen molar-refractivity contribution in [2.45, 2.75) is 31.8 Å². The smallest absolute Gasteiger partial charge is 0.229 e. The summed E-state index contributed by atoms with van der Waals surface area (Å²) in [6.45, 7) is 2.40. The highest BCUT2D eigenvalue weighted by molar-refractivity contribution is 5.79. The van der Waals surface area contributed by atoms with Crippen molar-refractivity contribution < 1.29 is 4.79 Å². The second-order valence-corrected chi connectivity index (χ2v) is 7.11. The van der Waals surface area contributed by atoms with Crippen molar-refractivity contribution in [3.05, 3.63) is 60.3 Å². The summed E-state index contributed by atoms with van der Waals surface area (Å²) in [6, 6.07) is 10.4. The zero-order valence-electron chi connectivity index (χ0n) is 14.6. The number of imidazole rings is 1. The normalized spacial score (nSPS) is 19.3. The molecular weight excluding hydrogens is 326 g/mol. The van der Waals surface area contributed by atoms with Gasteiger partial charge in [0.05, 0.1) is 30.0 Å². The average molecular weight is 347 g/mol. The molecule has 132 valence electrons. The Morgan fingerprint density at radius 2 is 2.19 bits per heavy atom. The monoisotopic (exact) mass is 347 g/mol. The number of carbonyl (C=O) groups excluding carboxylic acids is 1. The Morgan fingerprint density at radius 1 is 1.23 bits per heavy atom. The quantitative estimate of drug-likeness (QED) is 0.714. The molecule has 0 unspecified atom stereocenters. The fraction of sp³-hybridized carbons (Fsp3) is 0.350. The van der Waals surface area contributed by atoms with Gasteiger partial charge < -0.3 is 14.2 Å². The van der Waals surface area contributed by atoms with E-state index < -0.39 is 0 Å². The Bertz CT molecular complexity index is 932. The topological polar surface area (TPSA) is 53.7 Å². The molecule has 6 nitrogen and oxygen atoms in total. The first-order valence-electron chi connectivity index (χ1n) is 9.19. The summed E-state index contributed by atoms with van der Waals surface area (Å²) in [5, 5.41) is 0. The van der Waals surface area contributed by atoms with Gasteiger partial charge in [-0.2, -0.15) is 0 Å². The predicted octanol–water partition coefficient (Wildman–Crippen LogP) is 2.28. The number of rotatable bonds is 2. The van der Waals surface area contributed by atoms with E-state index >= 15 is 0 Å². The van der Waals surface area contributed by atoms with E-state index in [1.165, 1.54) is 12.1 Å². The minimum absolute atomic E-state index is 0.124. The van der Waals surface area contributed by atoms with Crippen molar-refractivity contribution in [2.24, 2.45) is 0 Å². The first-order valence-corrected chi connectivity index (χ1v) is 9.19. The van der Waals surface area contributed by atoms with E-state index in [2.05, 4.69) is 20.9 Å². The van der Waals surface area contributed by atoms with E-state index in [0.717, 1.165) is 36.5 Å². The Hall–Kier alpha value is -2.89. The van der Waals surface area contributed by atoms with Crippen LogP contribution in [0, 0.1) is 0 Å². The largest absolute Gasteiger partial charge is 0.365 e. The number of anilines is 1. The van der Waals surface area contributed by atoms with Crippen LogP contribution in [0.2, 0.25) is 0 Å². The van der Waals surface area contributed by atoms with Crippen LogP contribution in [0.1, 0.15) is 24.2 Å². The van der Waals surface area contributed by atoms with Gasteiger partial charge in [0, 0.05) is 37.7 Å². The van der Waals surface area contributed by atoms with Crippen LogP contribution < -0.4 is 4.90 Å². The molecule has 5 rings (SSSR count). The van der Waals surface area contributed by atoms with Crippen molar-refractivity contribution in [1.82, 2.24) is 19.3 Å². The van der Waals surface area contributed by atoms with Gasteiger partial charge >= 0.3 is 0 Å². The third-order valence-electron chi connectivity index (χ3n) is 5.42. The highest BCUT2D eigenvalue weighted by atomic mass is 16.2. The van der Waals surface area contributed by atoms with Gasteiger partial charge in [0.1, 0.15) is 5.65 Å². The minimum atomic E-state index is 0.124. The summed E-state index contributed by atoms with van der Waals surface area (Å²) in [4.78, 5) is 26.6. The molecule has 0 radical (unpaired) electrons. The fourth-order valence-corrected chi connectivity index (χ4v) is 4.18. The molecule has 3 aromatic rings. The molecule has 6 heteroatoms. The number of fused-ring (bicyclic) bond motifs is 4. The van der Waals surface area contributed by atoms with Crippen LogP contribution in [0.4, 0.5) is 5.69 Å². The summed E-state index contributed by atoms with van der Waals surface area (Å²) < 4.78 is 1.96. The van der Waals surface area contributed by atoms with Crippen LogP contribution >= 0.6 is 0 Å². The lowest BCUT2D eigenvalue weighted by molar-refractivity contribution is -0.131. The molecule has 5 heterocycles. The lowest BCUT2D eigenvalue weighted by Gasteiger charge is -2.27. The minimum Gasteiger partial charge on any atom is -0.365 e. The van der Waals surface area contributed by atoms with Crippen LogP contribution in [-0.4, -0.2) is 44.3 Å². The maximum Gasteiger partial charge on any atom is 0.229 e. The number of carbonyl (C=O) groups is 1. The molecule has 0 aliphatic carbocycles. The second kappa shape index (κ2) is 6.12. The zero-order chi connectivity index (χ0) is 17.5. The predicted molar refractivity (Wildman–Crippen MR) is 98.9 cm³/mol. The van der Waals surface area contributed by atoms with Gasteiger partial charge in [-0.3, -0.25) is 9.78 Å². The summed E-state index contributed by atoms with van der Waals surface area (Å²) in [7, 11) is 0. The van der Waals surface area contributed by atoms with Crippen LogP contribution in [0.3, 0.4) is 0 Å². The van der Waals surface area contributed by atoms with Crippen molar-refractivity contribution in [3.8, 4) is 0 Å². The van der Waals surface area contributed by atoms with E-state index in [4.69, 9.17) is 0 Å². The van der Waals surface area contributed by atoms with Gasteiger partial charge in [-0.15, -0.1) is 0 Å². The van der Waals surface area contributed by atoms with Crippen LogP contribution in [0.5, 0.6) is 0 Å². The SMILES string of the molecule is O=C(Cc1cn2ccccc2n1)N1Cc2ncccc2N2CCC[C@H]2C1. The van der Waals surface area contributed by atoms with Crippen LogP contribution in [0.25, 0.3) is 5.65 Å². The Morgan fingerprint density at radius 3 is 3.12 bits per heavy atom. The number of amides is 1. The molecule has 1 fully saturated rings. The Balaban J connectivity index is 1.41. The van der Waals surface area contributed by atoms with E-state index in [1.54, 1.807) is 0 Å². The summed E-state index contributed by atoms with van der Waals surface area (Å²) in [5.41, 5.74) is 3.88. The molecule has 26 heavy (non-hydrogen) atoms. The fourth-order valence-electron chi connectivity index (χ4n) is 4.18. The summed E-state index contributed by atoms with van der Waals surface area (Å²) >= 11 is 0. The second-order valence-electron chi connectivity index (χ2n) is 7.11. The van der Waals surface area contributed by atoms with Gasteiger partial charge in [0.25, 0.3) is 0 Å². The van der Waals surface area contributed by atoms with E-state index in [1.807, 2.05) is 52.2 Å². The van der Waals surface area contributed by atoms with E-state index in [-0.39, 0.29) is 5.91 Å². The summed E-state index contributed by atoms with van der Waals surface area (Å²) in [5.74, 6) is 0.124. The first-order chi connectivity index (χ1) is 12.8. The molecule has 0 spiro atoms. The molecule has 0 saturated carbocycles. The van der Waals surface area contributed by atoms with Gasteiger partial charge in [0.2, 0.25) is 5.91 Å². The maximum atomic E-state index is 13.0. The van der Waals surface area contributed by atoms with E-state index in [9.17, 15) is 4.79 Å². The van der Waals surface area contributed by atoms with Crippen LogP contribution in [-0.2, 0) is 17.8 Å². The highest BCUT2D eigenvalue weighted by Crippen LogP contribution is 2.32. The zero-order valence-corrected chi connectivity index (χ0v) is 14.6. The lowest BCUT2D eigenvalue weighted by Crippen LogP contribution is -2.40. The lowest BCUT2D eigenvalue weighted by atomic mass is 10.2. The third-order valence-corrected chi connectivity index (χ3v) is 5.42. The average Bonchev–Trinajstić information content (AvgIpc) is 3.24. The molecule has 1 amide bonds. The van der Waals surface area contributed by atoms with Crippen molar-refractivity contribution in [3.63, 3.8) is 0 Å². The number of nitrogens with zero attached hydrogens (tertiary/aromatic N) is 5. The van der Waals surface area contributed by atoms with Gasteiger partial charge in [-0.1, -0.05) is 6.07 Å². The molecule has 1 atom stereocenters. The number of hydrogen-bond donors (Lipinski definition) is 0. The van der Waals surface area contributed by atoms with E-state index in [0.29, 0.717) is 19.0 Å². The number of aromatic nitrogens is 3. The third kappa shape index (κ3) is 2.62. The van der Waals surface area contributed by atoms with Gasteiger partial charge in [-0.25, -0.2) is 4.98 Å². The van der Waals surface area contributed by atoms with Crippen molar-refractivity contribution in [1.29, 1.82) is 0 Å². The molecule has 2 aliphatic rings. The number of pyridine rings is 2. The molecule has 3 aromatic heterocycles. The molecule has 0 N–H and O–H groups in total. The van der Waals surface area contributed by atoms with Gasteiger partial charge in [0.15, 0.2) is 0 Å². The number of hydrogen-bond acceptors (Lipinski definition) is 4. The molecule has 2 aliphatic heterocycles. The molecule has 0 bridgehead atoms. The van der Waals surface area contributed by atoms with Crippen molar-refractivity contribution in [2.75, 3.05) is 18.0 Å². The highest BCUT2D eigenvalue weighted by Gasteiger charge is 2.33. The van der Waals surface area contributed by atoms with Crippen molar-refractivity contribution >= 4 is 17.2 Å². The first kappa shape index (κ1) is 15.4. The molecule has 0 aromatic carbocycles.